The molecule has 0 unspecified atom stereocenters. The Morgan fingerprint density at radius 3 is 2.67 bits per heavy atom. The van der Waals surface area contributed by atoms with E-state index in [4.69, 9.17) is 11.6 Å². The van der Waals surface area contributed by atoms with E-state index in [0.717, 1.165) is 5.56 Å². The van der Waals surface area contributed by atoms with Crippen LogP contribution >= 0.6 is 11.6 Å². The Morgan fingerprint density at radius 1 is 1.22 bits per heavy atom. The van der Waals surface area contributed by atoms with Crippen LogP contribution in [-0.4, -0.2) is 14.7 Å². The molecule has 0 bridgehead atoms. The van der Waals surface area contributed by atoms with Gasteiger partial charge in [0.05, 0.1) is 5.56 Å². The van der Waals surface area contributed by atoms with Crippen LogP contribution in [0.3, 0.4) is 0 Å². The molecule has 0 aliphatic rings. The Bertz CT molecular complexity index is 1050. The fourth-order valence-electron chi connectivity index (χ4n) is 3.15. The lowest BCUT2D eigenvalue weighted by Crippen LogP contribution is -2.28. The Labute approximate surface area is 161 Å². The summed E-state index contributed by atoms with van der Waals surface area (Å²) >= 11 is 5.93. The van der Waals surface area contributed by atoms with Crippen molar-refractivity contribution in [2.24, 2.45) is 0 Å². The number of benzene rings is 2. The van der Waals surface area contributed by atoms with Gasteiger partial charge in [0.1, 0.15) is 17.4 Å². The summed E-state index contributed by atoms with van der Waals surface area (Å²) in [4.78, 5) is 17.6. The number of halogens is 2. The van der Waals surface area contributed by atoms with Gasteiger partial charge in [0, 0.05) is 22.8 Å². The average molecular weight is 387 g/mol. The van der Waals surface area contributed by atoms with Gasteiger partial charge < -0.3 is 5.11 Å². The summed E-state index contributed by atoms with van der Waals surface area (Å²) in [6.45, 7) is 4.01. The van der Waals surface area contributed by atoms with Crippen molar-refractivity contribution in [1.29, 1.82) is 0 Å². The predicted octanol–water partition coefficient (Wildman–Crippen LogP) is 4.52. The molecule has 6 heteroatoms. The maximum absolute atomic E-state index is 13.5. The van der Waals surface area contributed by atoms with Gasteiger partial charge in [-0.25, -0.2) is 9.37 Å². The maximum Gasteiger partial charge on any atom is 0.257 e. The molecular formula is C21H20ClFN2O2. The number of rotatable bonds is 5. The minimum atomic E-state index is -0.313. The van der Waals surface area contributed by atoms with Gasteiger partial charge in [0.15, 0.2) is 0 Å². The number of aryl methyl sites for hydroxylation is 2. The maximum atomic E-state index is 13.5. The van der Waals surface area contributed by atoms with Crippen LogP contribution in [-0.2, 0) is 19.4 Å². The third kappa shape index (κ3) is 4.03. The third-order valence-electron chi connectivity index (χ3n) is 4.54. The van der Waals surface area contributed by atoms with Crippen LogP contribution in [0.25, 0.3) is 11.4 Å². The topological polar surface area (TPSA) is 55.1 Å². The van der Waals surface area contributed by atoms with Gasteiger partial charge in [-0.05, 0) is 55.7 Å². The van der Waals surface area contributed by atoms with Crippen LogP contribution in [0.1, 0.15) is 23.7 Å². The fourth-order valence-corrected chi connectivity index (χ4v) is 3.31. The molecule has 2 aromatic carbocycles. The molecular weight excluding hydrogens is 367 g/mol. The quantitative estimate of drug-likeness (QED) is 0.701. The van der Waals surface area contributed by atoms with Crippen molar-refractivity contribution in [2.75, 3.05) is 0 Å². The summed E-state index contributed by atoms with van der Waals surface area (Å²) < 4.78 is 15.0. The molecule has 3 aromatic rings. The molecule has 1 aromatic heterocycles. The van der Waals surface area contributed by atoms with E-state index in [-0.39, 0.29) is 17.1 Å². The van der Waals surface area contributed by atoms with Crippen molar-refractivity contribution in [3.8, 4) is 17.1 Å². The number of aromatic nitrogens is 2. The van der Waals surface area contributed by atoms with Crippen molar-refractivity contribution in [2.45, 2.75) is 33.2 Å². The zero-order valence-electron chi connectivity index (χ0n) is 15.2. The molecule has 1 heterocycles. The lowest BCUT2D eigenvalue weighted by Gasteiger charge is -2.16. The van der Waals surface area contributed by atoms with Crippen LogP contribution in [0.4, 0.5) is 4.39 Å². The normalized spacial score (nSPS) is 11.0. The van der Waals surface area contributed by atoms with Crippen molar-refractivity contribution in [1.82, 2.24) is 9.55 Å². The van der Waals surface area contributed by atoms with Gasteiger partial charge in [-0.3, -0.25) is 9.36 Å². The second kappa shape index (κ2) is 7.92. The van der Waals surface area contributed by atoms with E-state index < -0.39 is 0 Å². The van der Waals surface area contributed by atoms with Crippen molar-refractivity contribution in [3.05, 3.63) is 80.5 Å². The average Bonchev–Trinajstić information content (AvgIpc) is 2.61. The molecule has 0 saturated heterocycles. The molecule has 27 heavy (non-hydrogen) atoms. The second-order valence-electron chi connectivity index (χ2n) is 6.35. The Balaban J connectivity index is 2.11. The summed E-state index contributed by atoms with van der Waals surface area (Å²) in [7, 11) is 0. The van der Waals surface area contributed by atoms with Crippen LogP contribution < -0.4 is 5.56 Å². The first kappa shape index (κ1) is 19.1. The first-order valence-corrected chi connectivity index (χ1v) is 9.12. The zero-order chi connectivity index (χ0) is 19.6. The SMILES string of the molecule is CCc1c(C)nc(-c2ccc(Cl)cc2O)n(CCc2cccc(F)c2)c1=O. The zero-order valence-corrected chi connectivity index (χ0v) is 15.9. The molecule has 4 nitrogen and oxygen atoms in total. The highest BCUT2D eigenvalue weighted by molar-refractivity contribution is 6.30. The molecule has 0 saturated carbocycles. The molecule has 140 valence electrons. The molecule has 0 atom stereocenters. The molecule has 1 N–H and O–H groups in total. The van der Waals surface area contributed by atoms with Gasteiger partial charge in [-0.2, -0.15) is 0 Å². The van der Waals surface area contributed by atoms with E-state index in [1.807, 2.05) is 13.0 Å². The van der Waals surface area contributed by atoms with Crippen LogP contribution in [0.2, 0.25) is 5.02 Å². The van der Waals surface area contributed by atoms with E-state index in [0.29, 0.717) is 47.1 Å². The van der Waals surface area contributed by atoms with Gasteiger partial charge in [0.25, 0.3) is 5.56 Å². The summed E-state index contributed by atoms with van der Waals surface area (Å²) in [5.41, 5.74) is 2.33. The Hall–Kier alpha value is -2.66. The van der Waals surface area contributed by atoms with E-state index in [2.05, 4.69) is 4.98 Å². The highest BCUT2D eigenvalue weighted by atomic mass is 35.5. The van der Waals surface area contributed by atoms with Crippen LogP contribution in [0.5, 0.6) is 5.75 Å². The minimum absolute atomic E-state index is 0.0439. The van der Waals surface area contributed by atoms with Crippen molar-refractivity contribution < 1.29 is 9.50 Å². The van der Waals surface area contributed by atoms with Crippen molar-refractivity contribution >= 4 is 11.6 Å². The molecule has 0 aliphatic heterocycles. The van der Waals surface area contributed by atoms with Crippen LogP contribution in [0, 0.1) is 12.7 Å². The smallest absolute Gasteiger partial charge is 0.257 e. The second-order valence-corrected chi connectivity index (χ2v) is 6.79. The lowest BCUT2D eigenvalue weighted by atomic mass is 10.1. The first-order valence-electron chi connectivity index (χ1n) is 8.74. The van der Waals surface area contributed by atoms with Gasteiger partial charge in [0.2, 0.25) is 0 Å². The number of nitrogens with zero attached hydrogens (tertiary/aromatic N) is 2. The highest BCUT2D eigenvalue weighted by Gasteiger charge is 2.17. The van der Waals surface area contributed by atoms with Crippen molar-refractivity contribution in [3.63, 3.8) is 0 Å². The number of hydrogen-bond acceptors (Lipinski definition) is 3. The molecule has 0 radical (unpaired) electrons. The largest absolute Gasteiger partial charge is 0.507 e. The number of phenolic OH excluding ortho intramolecular Hbond substituents is 1. The number of hydrogen-bond donors (Lipinski definition) is 1. The first-order chi connectivity index (χ1) is 12.9. The lowest BCUT2D eigenvalue weighted by molar-refractivity contribution is 0.476. The highest BCUT2D eigenvalue weighted by Crippen LogP contribution is 2.30. The van der Waals surface area contributed by atoms with E-state index in [9.17, 15) is 14.3 Å². The summed E-state index contributed by atoms with van der Waals surface area (Å²) in [5.74, 6) is 0.0181. The summed E-state index contributed by atoms with van der Waals surface area (Å²) in [6, 6.07) is 11.0. The van der Waals surface area contributed by atoms with Crippen LogP contribution in [0.15, 0.2) is 47.3 Å². The fraction of sp³-hybridized carbons (Fsp3) is 0.238. The molecule has 0 fully saturated rings. The Kier molecular flexibility index (Phi) is 5.61. The summed E-state index contributed by atoms with van der Waals surface area (Å²) in [6.07, 6.45) is 1.03. The van der Waals surface area contributed by atoms with Gasteiger partial charge >= 0.3 is 0 Å². The standard InChI is InChI=1S/C21H20ClFN2O2/c1-3-17-13(2)24-20(18-8-7-15(22)12-19(18)26)25(21(17)27)10-9-14-5-4-6-16(23)11-14/h4-8,11-12,26H,3,9-10H2,1-2H3. The van der Waals surface area contributed by atoms with E-state index in [1.54, 1.807) is 29.7 Å². The van der Waals surface area contributed by atoms with Gasteiger partial charge in [-0.15, -0.1) is 0 Å². The minimum Gasteiger partial charge on any atom is -0.507 e. The molecule has 0 amide bonds. The van der Waals surface area contributed by atoms with E-state index in [1.165, 1.54) is 18.2 Å². The molecule has 3 rings (SSSR count). The molecule has 0 spiro atoms. The van der Waals surface area contributed by atoms with Gasteiger partial charge in [-0.1, -0.05) is 30.7 Å². The third-order valence-corrected chi connectivity index (χ3v) is 4.77. The monoisotopic (exact) mass is 386 g/mol. The number of aromatic hydroxyl groups is 1. The Morgan fingerprint density at radius 2 is 2.00 bits per heavy atom. The number of phenols is 1. The van der Waals surface area contributed by atoms with E-state index >= 15 is 0 Å². The predicted molar refractivity (Wildman–Crippen MR) is 105 cm³/mol. The summed E-state index contributed by atoms with van der Waals surface area (Å²) in [5, 5.41) is 10.7. The molecule has 0 aliphatic carbocycles.